The molecule has 0 aromatic heterocycles. The minimum atomic E-state index is 0.193. The summed E-state index contributed by atoms with van der Waals surface area (Å²) in [7, 11) is 0. The molecule has 0 atom stereocenters. The molecule has 4 nitrogen and oxygen atoms in total. The lowest BCUT2D eigenvalue weighted by Gasteiger charge is -2.15. The molecule has 0 aliphatic rings. The van der Waals surface area contributed by atoms with Crippen molar-refractivity contribution in [3.63, 3.8) is 0 Å². The molecule has 0 amide bonds. The van der Waals surface area contributed by atoms with Gasteiger partial charge in [-0.2, -0.15) is 0 Å². The third kappa shape index (κ3) is 6.58. The quantitative estimate of drug-likeness (QED) is 0.300. The Kier molecular flexibility index (Phi) is 8.78. The number of unbranched alkanes of at least 4 members (excludes halogenated alkanes) is 1. The van der Waals surface area contributed by atoms with Crippen molar-refractivity contribution in [1.29, 1.82) is 0 Å². The predicted molar refractivity (Wildman–Crippen MR) is 90.8 cm³/mol. The van der Waals surface area contributed by atoms with Crippen LogP contribution in [0.3, 0.4) is 0 Å². The van der Waals surface area contributed by atoms with Crippen molar-refractivity contribution < 1.29 is 14.7 Å². The normalized spacial score (nSPS) is 10.7. The number of ether oxygens (including phenoxy) is 2. The highest BCUT2D eigenvalue weighted by Gasteiger charge is 2.09. The van der Waals surface area contributed by atoms with E-state index in [4.69, 9.17) is 37.9 Å². The Bertz CT molecular complexity index is 526. The molecule has 0 radical (unpaired) electrons. The van der Waals surface area contributed by atoms with Gasteiger partial charge in [0.1, 0.15) is 22.6 Å². The lowest BCUT2D eigenvalue weighted by molar-refractivity contribution is 0.303. The lowest BCUT2D eigenvalue weighted by atomic mass is 10.1. The van der Waals surface area contributed by atoms with Crippen molar-refractivity contribution in [2.24, 2.45) is 5.16 Å². The second kappa shape index (κ2) is 10.4. The van der Waals surface area contributed by atoms with Gasteiger partial charge in [0, 0.05) is 6.21 Å². The van der Waals surface area contributed by atoms with Crippen LogP contribution >= 0.6 is 23.2 Å². The molecule has 0 saturated carbocycles. The summed E-state index contributed by atoms with van der Waals surface area (Å²) in [5.41, 5.74) is 2.11. The lowest BCUT2D eigenvalue weighted by Crippen LogP contribution is -2.03. The van der Waals surface area contributed by atoms with E-state index in [1.54, 1.807) is 6.08 Å². The fourth-order valence-corrected chi connectivity index (χ4v) is 2.10. The summed E-state index contributed by atoms with van der Waals surface area (Å²) in [6.07, 6.45) is 5.38. The van der Waals surface area contributed by atoms with E-state index in [-0.39, 0.29) is 4.49 Å². The van der Waals surface area contributed by atoms with Gasteiger partial charge in [0.15, 0.2) is 0 Å². The van der Waals surface area contributed by atoms with E-state index in [2.05, 4.69) is 12.1 Å². The van der Waals surface area contributed by atoms with Crippen LogP contribution in [-0.4, -0.2) is 24.6 Å². The molecule has 0 aliphatic heterocycles. The van der Waals surface area contributed by atoms with Gasteiger partial charge >= 0.3 is 0 Å². The van der Waals surface area contributed by atoms with E-state index in [0.29, 0.717) is 19.6 Å². The van der Waals surface area contributed by atoms with Crippen molar-refractivity contribution in [3.8, 4) is 11.5 Å². The Morgan fingerprint density at radius 3 is 2.73 bits per heavy atom. The Balaban J connectivity index is 2.71. The molecular weight excluding hydrogens is 325 g/mol. The zero-order chi connectivity index (χ0) is 16.4. The van der Waals surface area contributed by atoms with Gasteiger partial charge in [0.25, 0.3) is 0 Å². The molecule has 6 heteroatoms. The summed E-state index contributed by atoms with van der Waals surface area (Å²) < 4.78 is 11.7. The van der Waals surface area contributed by atoms with E-state index >= 15 is 0 Å². The van der Waals surface area contributed by atoms with Crippen LogP contribution in [0.25, 0.3) is 0 Å². The summed E-state index contributed by atoms with van der Waals surface area (Å²) in [5.74, 6) is 1.65. The van der Waals surface area contributed by atoms with Crippen LogP contribution in [0.5, 0.6) is 11.5 Å². The number of benzene rings is 1. The van der Waals surface area contributed by atoms with Crippen molar-refractivity contribution >= 4 is 29.4 Å². The molecule has 0 saturated heterocycles. The molecule has 22 heavy (non-hydrogen) atoms. The first-order valence-corrected chi connectivity index (χ1v) is 7.90. The second-order valence-electron chi connectivity index (χ2n) is 4.68. The SMILES string of the molecule is CCc1cc(OCC=C(Cl)Cl)cc(C)c1OCCC/C=N/O. The molecule has 1 N–H and O–H groups in total. The maximum Gasteiger partial charge on any atom is 0.125 e. The number of hydrogen-bond acceptors (Lipinski definition) is 4. The molecule has 1 aromatic rings. The molecule has 0 bridgehead atoms. The van der Waals surface area contributed by atoms with E-state index in [9.17, 15) is 0 Å². The third-order valence-electron chi connectivity index (χ3n) is 3.00. The standard InChI is InChI=1S/C16H21Cl2NO3/c1-3-13-11-14(21-9-6-15(17)18)10-12(2)16(13)22-8-5-4-7-19-20/h6-7,10-11,20H,3-5,8-9H2,1-2H3/b19-7+. The van der Waals surface area contributed by atoms with Gasteiger partial charge in [-0.15, -0.1) is 5.16 Å². The fraction of sp³-hybridized carbons (Fsp3) is 0.438. The predicted octanol–water partition coefficient (Wildman–Crippen LogP) is 4.87. The summed E-state index contributed by atoms with van der Waals surface area (Å²) in [4.78, 5) is 0. The monoisotopic (exact) mass is 345 g/mol. The summed E-state index contributed by atoms with van der Waals surface area (Å²) in [6, 6.07) is 3.90. The number of rotatable bonds is 9. The highest BCUT2D eigenvalue weighted by atomic mass is 35.5. The first-order chi connectivity index (χ1) is 10.6. The molecule has 122 valence electrons. The minimum Gasteiger partial charge on any atom is -0.493 e. The van der Waals surface area contributed by atoms with Crippen LogP contribution in [0, 0.1) is 6.92 Å². The molecule has 1 aromatic carbocycles. The average molecular weight is 346 g/mol. The van der Waals surface area contributed by atoms with Gasteiger partial charge in [-0.1, -0.05) is 30.1 Å². The minimum absolute atomic E-state index is 0.193. The van der Waals surface area contributed by atoms with E-state index in [1.165, 1.54) is 6.21 Å². The van der Waals surface area contributed by atoms with Crippen LogP contribution in [0.15, 0.2) is 27.9 Å². The van der Waals surface area contributed by atoms with E-state index in [1.807, 2.05) is 19.1 Å². The van der Waals surface area contributed by atoms with Crippen LogP contribution in [0.2, 0.25) is 0 Å². The van der Waals surface area contributed by atoms with Crippen molar-refractivity contribution in [3.05, 3.63) is 33.8 Å². The van der Waals surface area contributed by atoms with Gasteiger partial charge in [-0.3, -0.25) is 0 Å². The van der Waals surface area contributed by atoms with Gasteiger partial charge in [0.05, 0.1) is 6.61 Å². The second-order valence-corrected chi connectivity index (χ2v) is 5.68. The van der Waals surface area contributed by atoms with Crippen molar-refractivity contribution in [1.82, 2.24) is 0 Å². The molecule has 1 rings (SSSR count). The third-order valence-corrected chi connectivity index (χ3v) is 3.31. The van der Waals surface area contributed by atoms with Crippen LogP contribution in [-0.2, 0) is 6.42 Å². The smallest absolute Gasteiger partial charge is 0.125 e. The molecular formula is C16H21Cl2NO3. The zero-order valence-corrected chi connectivity index (χ0v) is 14.3. The molecule has 0 heterocycles. The van der Waals surface area contributed by atoms with Crippen LogP contribution in [0.4, 0.5) is 0 Å². The van der Waals surface area contributed by atoms with Gasteiger partial charge in [0.2, 0.25) is 0 Å². The molecule has 0 aliphatic carbocycles. The highest BCUT2D eigenvalue weighted by molar-refractivity contribution is 6.55. The molecule has 0 unspecified atom stereocenters. The Labute approximate surface area is 141 Å². The number of oxime groups is 1. The maximum atomic E-state index is 8.34. The first kappa shape index (κ1) is 18.7. The Morgan fingerprint density at radius 2 is 2.09 bits per heavy atom. The zero-order valence-electron chi connectivity index (χ0n) is 12.8. The summed E-state index contributed by atoms with van der Waals surface area (Å²) in [6.45, 7) is 4.95. The number of hydrogen-bond donors (Lipinski definition) is 1. The molecule has 0 fully saturated rings. The topological polar surface area (TPSA) is 51.0 Å². The van der Waals surface area contributed by atoms with Crippen LogP contribution in [0.1, 0.15) is 30.9 Å². The van der Waals surface area contributed by atoms with E-state index in [0.717, 1.165) is 35.5 Å². The maximum absolute atomic E-state index is 8.34. The number of nitrogens with zero attached hydrogens (tertiary/aromatic N) is 1. The van der Waals surface area contributed by atoms with Gasteiger partial charge in [-0.05, 0) is 55.5 Å². The van der Waals surface area contributed by atoms with Gasteiger partial charge < -0.3 is 14.7 Å². The van der Waals surface area contributed by atoms with Crippen molar-refractivity contribution in [2.75, 3.05) is 13.2 Å². The fourth-order valence-electron chi connectivity index (χ4n) is 1.97. The highest BCUT2D eigenvalue weighted by Crippen LogP contribution is 2.30. The Hall–Kier alpha value is -1.39. The largest absolute Gasteiger partial charge is 0.493 e. The average Bonchev–Trinajstić information content (AvgIpc) is 2.48. The van der Waals surface area contributed by atoms with Gasteiger partial charge in [-0.25, -0.2) is 0 Å². The summed E-state index contributed by atoms with van der Waals surface area (Å²) in [5, 5.41) is 11.3. The van der Waals surface area contributed by atoms with Crippen molar-refractivity contribution in [2.45, 2.75) is 33.1 Å². The summed E-state index contributed by atoms with van der Waals surface area (Å²) >= 11 is 11.1. The van der Waals surface area contributed by atoms with Crippen LogP contribution < -0.4 is 9.47 Å². The Morgan fingerprint density at radius 1 is 1.32 bits per heavy atom. The number of aryl methyl sites for hydroxylation is 2. The first-order valence-electron chi connectivity index (χ1n) is 7.14. The van der Waals surface area contributed by atoms with E-state index < -0.39 is 0 Å². The number of halogens is 2. The molecule has 0 spiro atoms.